The van der Waals surface area contributed by atoms with Gasteiger partial charge in [-0.2, -0.15) is 0 Å². The summed E-state index contributed by atoms with van der Waals surface area (Å²) in [5, 5.41) is 1.28. The van der Waals surface area contributed by atoms with E-state index in [4.69, 9.17) is 16.3 Å². The van der Waals surface area contributed by atoms with Crippen LogP contribution < -0.4 is 4.74 Å². The molecule has 0 aliphatic heterocycles. The Bertz CT molecular complexity index is 946. The number of carbonyl (C=O) groups is 1. The number of hydrogen-bond donors (Lipinski definition) is 0. The summed E-state index contributed by atoms with van der Waals surface area (Å²) in [5.41, 5.74) is 3.25. The average Bonchev–Trinajstić information content (AvgIpc) is 2.61. The van der Waals surface area contributed by atoms with Crippen LogP contribution in [0.15, 0.2) is 54.6 Å². The van der Waals surface area contributed by atoms with Crippen molar-refractivity contribution in [2.24, 2.45) is 0 Å². The predicted molar refractivity (Wildman–Crippen MR) is 102 cm³/mol. The summed E-state index contributed by atoms with van der Waals surface area (Å²) < 4.78 is 5.52. The molecule has 0 bridgehead atoms. The molecule has 2 aromatic carbocycles. The van der Waals surface area contributed by atoms with Crippen LogP contribution in [0.4, 0.5) is 0 Å². The summed E-state index contributed by atoms with van der Waals surface area (Å²) in [7, 11) is 0. The standard InChI is InChI=1S/C21H18ClNO2/c1-3-25-18-9-10-19-17(13-18)12-16(21(22)23-19)8-11-20(24)15-6-4-14(2)5-7-15/h4-13H,3H2,1-2H3. The van der Waals surface area contributed by atoms with Gasteiger partial charge in [-0.3, -0.25) is 4.79 Å². The lowest BCUT2D eigenvalue weighted by Crippen LogP contribution is -1.94. The van der Waals surface area contributed by atoms with Crippen molar-refractivity contribution in [2.75, 3.05) is 6.61 Å². The number of aromatic nitrogens is 1. The average molecular weight is 352 g/mol. The Labute approximate surface area is 151 Å². The molecule has 0 aliphatic carbocycles. The molecule has 25 heavy (non-hydrogen) atoms. The van der Waals surface area contributed by atoms with E-state index in [0.717, 1.165) is 22.2 Å². The monoisotopic (exact) mass is 351 g/mol. The van der Waals surface area contributed by atoms with Gasteiger partial charge < -0.3 is 4.74 Å². The predicted octanol–water partition coefficient (Wildman–Crippen LogP) is 5.49. The Kier molecular flexibility index (Phi) is 5.15. The summed E-state index contributed by atoms with van der Waals surface area (Å²) >= 11 is 6.25. The molecule has 0 radical (unpaired) electrons. The summed E-state index contributed by atoms with van der Waals surface area (Å²) in [5.74, 6) is 0.712. The van der Waals surface area contributed by atoms with Gasteiger partial charge in [0.05, 0.1) is 12.1 Å². The van der Waals surface area contributed by atoms with Crippen molar-refractivity contribution in [3.63, 3.8) is 0 Å². The van der Waals surface area contributed by atoms with Gasteiger partial charge in [-0.1, -0.05) is 41.4 Å². The molecule has 3 rings (SSSR count). The van der Waals surface area contributed by atoms with Gasteiger partial charge >= 0.3 is 0 Å². The van der Waals surface area contributed by atoms with Gasteiger partial charge in [-0.15, -0.1) is 0 Å². The van der Waals surface area contributed by atoms with Gasteiger partial charge in [-0.05, 0) is 50.3 Å². The quantitative estimate of drug-likeness (QED) is 0.346. The Balaban J connectivity index is 1.90. The van der Waals surface area contributed by atoms with E-state index in [0.29, 0.717) is 22.9 Å². The van der Waals surface area contributed by atoms with E-state index >= 15 is 0 Å². The third kappa shape index (κ3) is 4.06. The van der Waals surface area contributed by atoms with Crippen molar-refractivity contribution in [1.82, 2.24) is 4.98 Å². The minimum absolute atomic E-state index is 0.0702. The maximum Gasteiger partial charge on any atom is 0.185 e. The van der Waals surface area contributed by atoms with Gasteiger partial charge in [0, 0.05) is 16.5 Å². The molecule has 0 unspecified atom stereocenters. The van der Waals surface area contributed by atoms with Gasteiger partial charge in [0.15, 0.2) is 5.78 Å². The van der Waals surface area contributed by atoms with E-state index in [1.807, 2.05) is 62.4 Å². The fourth-order valence-electron chi connectivity index (χ4n) is 2.50. The van der Waals surface area contributed by atoms with Crippen LogP contribution in [0.5, 0.6) is 5.75 Å². The number of allylic oxidation sites excluding steroid dienone is 1. The molecule has 0 atom stereocenters. The number of rotatable bonds is 5. The molecule has 1 heterocycles. The number of nitrogens with zero attached hydrogens (tertiary/aromatic N) is 1. The Hall–Kier alpha value is -2.65. The highest BCUT2D eigenvalue weighted by Gasteiger charge is 2.06. The second-order valence-electron chi connectivity index (χ2n) is 5.72. The number of benzene rings is 2. The van der Waals surface area contributed by atoms with E-state index < -0.39 is 0 Å². The third-order valence-electron chi connectivity index (χ3n) is 3.83. The lowest BCUT2D eigenvalue weighted by Gasteiger charge is -2.06. The van der Waals surface area contributed by atoms with Crippen molar-refractivity contribution in [3.05, 3.63) is 76.5 Å². The van der Waals surface area contributed by atoms with Crippen LogP contribution in [0.2, 0.25) is 5.15 Å². The number of halogens is 1. The molecule has 0 N–H and O–H groups in total. The third-order valence-corrected chi connectivity index (χ3v) is 4.13. The molecule has 1 aromatic heterocycles. The first-order valence-corrected chi connectivity index (χ1v) is 8.47. The van der Waals surface area contributed by atoms with Crippen molar-refractivity contribution in [2.45, 2.75) is 13.8 Å². The second kappa shape index (κ2) is 7.49. The number of ether oxygens (including phenoxy) is 1. The number of hydrogen-bond acceptors (Lipinski definition) is 3. The van der Waals surface area contributed by atoms with Crippen molar-refractivity contribution in [1.29, 1.82) is 0 Å². The first kappa shape index (κ1) is 17.2. The van der Waals surface area contributed by atoms with E-state index in [2.05, 4.69) is 4.98 Å². The minimum Gasteiger partial charge on any atom is -0.494 e. The minimum atomic E-state index is -0.0702. The summed E-state index contributed by atoms with van der Waals surface area (Å²) in [6, 6.07) is 15.0. The van der Waals surface area contributed by atoms with Crippen LogP contribution in [0, 0.1) is 6.92 Å². The van der Waals surface area contributed by atoms with Crippen molar-refractivity contribution in [3.8, 4) is 5.75 Å². The summed E-state index contributed by atoms with van der Waals surface area (Å²) in [6.45, 7) is 4.53. The summed E-state index contributed by atoms with van der Waals surface area (Å²) in [6.07, 6.45) is 3.22. The fourth-order valence-corrected chi connectivity index (χ4v) is 2.71. The van der Waals surface area contributed by atoms with Crippen LogP contribution in [0.3, 0.4) is 0 Å². The maximum atomic E-state index is 12.3. The summed E-state index contributed by atoms with van der Waals surface area (Å²) in [4.78, 5) is 16.7. The van der Waals surface area contributed by atoms with Crippen molar-refractivity contribution >= 4 is 34.4 Å². The zero-order valence-corrected chi connectivity index (χ0v) is 14.9. The molecule has 126 valence electrons. The van der Waals surface area contributed by atoms with Crippen LogP contribution in [0.25, 0.3) is 17.0 Å². The molecule has 0 spiro atoms. The molecular weight excluding hydrogens is 334 g/mol. The largest absolute Gasteiger partial charge is 0.494 e. The normalized spacial score (nSPS) is 11.2. The fraction of sp³-hybridized carbons (Fsp3) is 0.143. The van der Waals surface area contributed by atoms with Gasteiger partial charge in [-0.25, -0.2) is 4.98 Å². The molecule has 0 aliphatic rings. The number of ketones is 1. The topological polar surface area (TPSA) is 39.2 Å². The number of pyridine rings is 1. The van der Waals surface area contributed by atoms with Crippen molar-refractivity contribution < 1.29 is 9.53 Å². The zero-order chi connectivity index (χ0) is 17.8. The van der Waals surface area contributed by atoms with Crippen LogP contribution in [-0.2, 0) is 0 Å². The van der Waals surface area contributed by atoms with Gasteiger partial charge in [0.2, 0.25) is 0 Å². The molecular formula is C21H18ClNO2. The highest BCUT2D eigenvalue weighted by molar-refractivity contribution is 6.31. The Morgan fingerprint density at radius 3 is 2.64 bits per heavy atom. The molecule has 3 nitrogen and oxygen atoms in total. The first-order chi connectivity index (χ1) is 12.1. The SMILES string of the molecule is CCOc1ccc2nc(Cl)c(C=CC(=O)c3ccc(C)cc3)cc2c1. The zero-order valence-electron chi connectivity index (χ0n) is 14.1. The van der Waals surface area contributed by atoms with E-state index in [1.165, 1.54) is 6.08 Å². The molecule has 0 saturated carbocycles. The van der Waals surface area contributed by atoms with E-state index in [1.54, 1.807) is 6.08 Å². The molecule has 0 saturated heterocycles. The smallest absolute Gasteiger partial charge is 0.185 e. The van der Waals surface area contributed by atoms with E-state index in [9.17, 15) is 4.79 Å². The van der Waals surface area contributed by atoms with Crippen LogP contribution in [0.1, 0.15) is 28.4 Å². The number of fused-ring (bicyclic) bond motifs is 1. The molecule has 4 heteroatoms. The molecule has 3 aromatic rings. The van der Waals surface area contributed by atoms with Crippen LogP contribution >= 0.6 is 11.6 Å². The molecule has 0 amide bonds. The first-order valence-electron chi connectivity index (χ1n) is 8.09. The Morgan fingerprint density at radius 2 is 1.92 bits per heavy atom. The highest BCUT2D eigenvalue weighted by atomic mass is 35.5. The van der Waals surface area contributed by atoms with Gasteiger partial charge in [0.25, 0.3) is 0 Å². The number of aryl methyl sites for hydroxylation is 1. The Morgan fingerprint density at radius 1 is 1.16 bits per heavy atom. The van der Waals surface area contributed by atoms with Gasteiger partial charge in [0.1, 0.15) is 10.9 Å². The number of carbonyl (C=O) groups excluding carboxylic acids is 1. The lowest BCUT2D eigenvalue weighted by molar-refractivity contribution is 0.104. The van der Waals surface area contributed by atoms with Crippen LogP contribution in [-0.4, -0.2) is 17.4 Å². The van der Waals surface area contributed by atoms with E-state index in [-0.39, 0.29) is 5.78 Å². The lowest BCUT2D eigenvalue weighted by atomic mass is 10.1. The maximum absolute atomic E-state index is 12.3. The second-order valence-corrected chi connectivity index (χ2v) is 6.08. The highest BCUT2D eigenvalue weighted by Crippen LogP contribution is 2.25. The molecule has 0 fully saturated rings.